The van der Waals surface area contributed by atoms with Crippen molar-refractivity contribution in [2.45, 2.75) is 83.2 Å². The van der Waals surface area contributed by atoms with Gasteiger partial charge in [-0.15, -0.1) is 68.0 Å². The average molecular weight is 1250 g/mol. The number of Topliss-reactive ketones (excluding diaryl/α,β-unsaturated/α-hetero) is 1. The number of nitrogens with two attached hydrogens (primary N) is 1. The number of fused-ring (bicyclic) bond motifs is 14. The van der Waals surface area contributed by atoms with E-state index in [0.29, 0.717) is 73.7 Å². The number of nitrogens with zero attached hydrogens (tertiary/aromatic N) is 7. The number of aryl methyl sites for hydroxylation is 1. The van der Waals surface area contributed by atoms with Crippen molar-refractivity contribution in [1.29, 1.82) is 0 Å². The highest BCUT2D eigenvalue weighted by Gasteiger charge is 2.33. The van der Waals surface area contributed by atoms with E-state index in [0.717, 1.165) is 11.3 Å². The molecule has 10 bridgehead atoms. The lowest BCUT2D eigenvalue weighted by atomic mass is 9.90. The van der Waals surface area contributed by atoms with Crippen molar-refractivity contribution < 1.29 is 53.2 Å². The highest BCUT2D eigenvalue weighted by atomic mass is 32.1. The van der Waals surface area contributed by atoms with Crippen LogP contribution in [0.1, 0.15) is 125 Å². The summed E-state index contributed by atoms with van der Waals surface area (Å²) in [4.78, 5) is 128. The Morgan fingerprint density at radius 3 is 2.24 bits per heavy atom. The predicted molar refractivity (Wildman–Crippen MR) is 318 cm³/mol. The summed E-state index contributed by atoms with van der Waals surface area (Å²) in [6.07, 6.45) is -2.00. The molecule has 1 aromatic carbocycles. The minimum Gasteiger partial charge on any atom is -0.480 e. The second kappa shape index (κ2) is 27.4. The quantitative estimate of drug-likeness (QED) is 0.0479. The molecule has 5 amide bonds. The molecule has 24 nitrogen and oxygen atoms in total. The number of aliphatic hydroxyl groups excluding tert-OH is 1. The zero-order valence-electron chi connectivity index (χ0n) is 45.5. The number of aliphatic hydroxyl groups is 1. The number of pyridine rings is 1. The summed E-state index contributed by atoms with van der Waals surface area (Å²) in [6, 6.07) is 9.05. The van der Waals surface area contributed by atoms with Crippen molar-refractivity contribution in [2.24, 2.45) is 11.7 Å². The van der Waals surface area contributed by atoms with Crippen LogP contribution < -0.4 is 32.3 Å². The molecule has 8 heterocycles. The van der Waals surface area contributed by atoms with E-state index < -0.39 is 72.4 Å². The number of hydrogen-bond donors (Lipinski definition) is 8. The van der Waals surface area contributed by atoms with Crippen molar-refractivity contribution in [1.82, 2.24) is 56.2 Å². The maximum atomic E-state index is 14.3. The first kappa shape index (κ1) is 60.9. The number of rotatable bonds is 14. The first-order chi connectivity index (χ1) is 40.4. The van der Waals surface area contributed by atoms with E-state index in [4.69, 9.17) is 50.2 Å². The highest BCUT2D eigenvalue weighted by Crippen LogP contribution is 2.41. The van der Waals surface area contributed by atoms with Gasteiger partial charge in [-0.3, -0.25) is 34.1 Å². The van der Waals surface area contributed by atoms with E-state index in [1.54, 1.807) is 70.9 Å². The number of thiazole rings is 6. The Balaban J connectivity index is 1.09. The number of carbonyl (C=O) groups excluding carboxylic acids is 6. The van der Waals surface area contributed by atoms with Gasteiger partial charge in [-0.25, -0.2) is 39.7 Å². The van der Waals surface area contributed by atoms with Crippen molar-refractivity contribution in [3.63, 3.8) is 0 Å². The van der Waals surface area contributed by atoms with Crippen molar-refractivity contribution in [3.05, 3.63) is 111 Å². The fraction of sp³-hybridized carbons (Fsp3) is 0.333. The first-order valence-electron chi connectivity index (χ1n) is 26.0. The summed E-state index contributed by atoms with van der Waals surface area (Å²) in [5, 5.41) is 43.7. The molecule has 0 saturated heterocycles. The number of carboxylic acids is 1. The normalized spacial score (nSPS) is 16.7. The van der Waals surface area contributed by atoms with E-state index in [1.807, 2.05) is 13.8 Å². The van der Waals surface area contributed by atoms with Crippen LogP contribution in [0.15, 0.2) is 64.0 Å². The number of carboxylic acid groups (broad SMARTS) is 1. The van der Waals surface area contributed by atoms with Crippen molar-refractivity contribution >= 4 is 115 Å². The highest BCUT2D eigenvalue weighted by molar-refractivity contribution is 7.15. The number of aromatic nitrogens is 7. The summed E-state index contributed by atoms with van der Waals surface area (Å²) < 4.78 is 10.7. The third-order valence-corrected chi connectivity index (χ3v) is 18.8. The predicted octanol–water partition coefficient (Wildman–Crippen LogP) is 7.94. The van der Waals surface area contributed by atoms with Crippen LogP contribution in [-0.4, -0.2) is 120 Å². The summed E-state index contributed by atoms with van der Waals surface area (Å²) in [5.74, 6) is -4.23. The van der Waals surface area contributed by atoms with Crippen LogP contribution >= 0.6 is 68.0 Å². The molecule has 9 N–H and O–H groups in total. The molecule has 7 aromatic heterocycles. The van der Waals surface area contributed by atoms with Crippen molar-refractivity contribution in [3.8, 4) is 43.4 Å². The molecule has 0 fully saturated rings. The number of hydrogen-bond acceptors (Lipinski definition) is 24. The van der Waals surface area contributed by atoms with Crippen molar-refractivity contribution in [2.75, 3.05) is 32.6 Å². The Labute approximate surface area is 503 Å². The largest absolute Gasteiger partial charge is 0.480 e. The molecule has 0 radical (unpaired) electrons. The summed E-state index contributed by atoms with van der Waals surface area (Å²) in [5.41, 5.74) is 8.26. The number of anilines is 1. The van der Waals surface area contributed by atoms with E-state index in [2.05, 4.69) is 31.6 Å². The summed E-state index contributed by atoms with van der Waals surface area (Å²) in [6.45, 7) is 5.06. The Morgan fingerprint density at radius 2 is 1.49 bits per heavy atom. The van der Waals surface area contributed by atoms with E-state index >= 15 is 0 Å². The van der Waals surface area contributed by atoms with Gasteiger partial charge in [0.15, 0.2) is 5.78 Å². The number of amides is 5. The molecule has 1 aliphatic rings. The molecule has 1 aliphatic heterocycles. The lowest BCUT2D eigenvalue weighted by Gasteiger charge is -2.23. The van der Waals surface area contributed by atoms with E-state index in [-0.39, 0.29) is 73.5 Å². The van der Waals surface area contributed by atoms with E-state index in [1.165, 1.54) is 70.8 Å². The minimum absolute atomic E-state index is 0.0187. The third-order valence-electron chi connectivity index (χ3n) is 13.0. The van der Waals surface area contributed by atoms with Gasteiger partial charge in [-0.2, -0.15) is 0 Å². The molecular weight excluding hydrogens is 1200 g/mol. The smallest absolute Gasteiger partial charge is 0.412 e. The molecular formula is C54H55N13O11S6. The molecule has 9 rings (SSSR count). The Bertz CT molecular complexity index is 3720. The Hall–Kier alpha value is -7.68. The average Bonchev–Trinajstić information content (AvgIpc) is 3.77. The van der Waals surface area contributed by atoms with Crippen LogP contribution in [0, 0.1) is 12.8 Å². The maximum absolute atomic E-state index is 14.3. The van der Waals surface area contributed by atoms with Gasteiger partial charge in [0.05, 0.1) is 47.8 Å². The number of carbonyl (C=O) groups is 7. The third kappa shape index (κ3) is 14.4. The van der Waals surface area contributed by atoms with Gasteiger partial charge in [0, 0.05) is 58.5 Å². The molecule has 84 heavy (non-hydrogen) atoms. The molecule has 0 spiro atoms. The number of nitrogens with one attached hydrogen (secondary N) is 5. The van der Waals surface area contributed by atoms with Crippen LogP contribution in [-0.2, 0) is 30.5 Å². The summed E-state index contributed by atoms with van der Waals surface area (Å²) >= 11 is 7.17. The van der Waals surface area contributed by atoms with Crippen LogP contribution in [0.2, 0.25) is 0 Å². The number of aliphatic carboxylic acids is 1. The van der Waals surface area contributed by atoms with Crippen LogP contribution in [0.4, 0.5) is 10.6 Å². The second-order valence-corrected chi connectivity index (χ2v) is 25.1. The second-order valence-electron chi connectivity index (χ2n) is 19.3. The topological polar surface area (TPSA) is 355 Å². The van der Waals surface area contributed by atoms with Crippen LogP contribution in [0.25, 0.3) is 43.4 Å². The molecule has 0 saturated carbocycles. The fourth-order valence-corrected chi connectivity index (χ4v) is 14.2. The lowest BCUT2D eigenvalue weighted by molar-refractivity contribution is -0.138. The zero-order chi connectivity index (χ0) is 59.8. The van der Waals surface area contributed by atoms with Crippen LogP contribution in [0.3, 0.4) is 0 Å². The lowest BCUT2D eigenvalue weighted by Crippen LogP contribution is -2.40. The maximum Gasteiger partial charge on any atom is 0.412 e. The van der Waals surface area contributed by atoms with Gasteiger partial charge in [0.2, 0.25) is 11.8 Å². The van der Waals surface area contributed by atoms with Crippen LogP contribution in [0.5, 0.6) is 0 Å². The number of ketones is 1. The molecule has 8 aromatic rings. The van der Waals surface area contributed by atoms with Gasteiger partial charge in [-0.1, -0.05) is 44.2 Å². The number of methoxy groups -OCH3 is 1. The molecule has 0 aliphatic carbocycles. The van der Waals surface area contributed by atoms with E-state index in [9.17, 15) is 38.7 Å². The van der Waals surface area contributed by atoms with Gasteiger partial charge >= 0.3 is 12.1 Å². The standard InChI is InChI=1S/C54H55N13O11S6/c1-24(2)28-16-35(68)40-25(3)83-51(66-40)31(17-38(69)56-4)59-45(72)33-21-79-47(61-33)27-13-14-30(49-63-37(23-82-49)64-54(76)78-15-9-12-29(55)53(74)75)58-41(27)32-20-80-50(60-32)34-22-81-52(62-34)43(44(71)26-10-7-6-8-11-26)65-39(70)18-57-46(73)42-36(19-77-5)84-48(28)67-42/h6-8,10-11,13-14,20-24,28-29,31,43-44,71H,9,12,15-19,55H2,1-5H3,(H,56,69)(H,57,73)(H,59,72)(H,64,76)(H,65,70)(H,74,75)/t28-,29+,31+,43+,44+/m1/s1. The molecule has 30 heteroatoms. The zero-order valence-corrected chi connectivity index (χ0v) is 50.4. The monoisotopic (exact) mass is 1250 g/mol. The number of ether oxygens (including phenoxy) is 2. The Kier molecular flexibility index (Phi) is 19.8. The fourth-order valence-electron chi connectivity index (χ4n) is 8.63. The van der Waals surface area contributed by atoms with Gasteiger partial charge in [0.25, 0.3) is 11.8 Å². The van der Waals surface area contributed by atoms with Gasteiger partial charge in [-0.05, 0) is 43.4 Å². The minimum atomic E-state index is -1.28. The van der Waals surface area contributed by atoms with Gasteiger partial charge < -0.3 is 46.7 Å². The SMILES string of the molecule is CNC(=O)C[C@@H]1NC(=O)c2csc(n2)-c2ccc(-c3nc(NC(=O)OCCC[C@H](N)C(=O)O)cs3)nc2-c2csc(n2)-c2csc(n2)[C@H]([C@@H](O)c2ccccc2)NC(=O)CNC(=O)c2nc(sc2COC)[C@@H](C(C)C)CC(=O)c2nc1sc2C. The number of benzene rings is 1. The molecule has 5 atom stereocenters. The summed E-state index contributed by atoms with van der Waals surface area (Å²) in [7, 11) is 2.95. The molecule has 438 valence electrons. The van der Waals surface area contributed by atoms with Gasteiger partial charge in [0.1, 0.15) is 83.2 Å². The Morgan fingerprint density at radius 1 is 0.774 bits per heavy atom. The first-order valence-corrected chi connectivity index (χ1v) is 31.1. The molecule has 0 unspecified atom stereocenters.